The molecule has 0 radical (unpaired) electrons. The third-order valence-electron chi connectivity index (χ3n) is 3.82. The molecule has 3 rings (SSSR count). The van der Waals surface area contributed by atoms with Crippen LogP contribution in [0.1, 0.15) is 20.2 Å². The number of hydrogen-bond donors (Lipinski definition) is 2. The number of anilines is 2. The van der Waals surface area contributed by atoms with E-state index in [4.69, 9.17) is 0 Å². The maximum Gasteiger partial charge on any atom is 0.321 e. The molecule has 0 aliphatic rings. The molecule has 1 heterocycles. The number of amides is 3. The highest BCUT2D eigenvalue weighted by atomic mass is 32.1. The first-order valence-electron chi connectivity index (χ1n) is 8.41. The van der Waals surface area contributed by atoms with Gasteiger partial charge in [0.1, 0.15) is 0 Å². The Morgan fingerprint density at radius 1 is 1.04 bits per heavy atom. The van der Waals surface area contributed by atoms with Crippen molar-refractivity contribution in [1.29, 1.82) is 0 Å². The minimum Gasteiger partial charge on any atom is -0.322 e. The molecule has 0 bridgehead atoms. The molecule has 0 aliphatic carbocycles. The van der Waals surface area contributed by atoms with Crippen molar-refractivity contribution in [1.82, 2.24) is 9.88 Å². The van der Waals surface area contributed by atoms with Crippen LogP contribution in [0.4, 0.5) is 16.2 Å². The van der Waals surface area contributed by atoms with Crippen LogP contribution < -0.4 is 10.6 Å². The van der Waals surface area contributed by atoms with Crippen molar-refractivity contribution in [3.05, 3.63) is 76.2 Å². The van der Waals surface area contributed by atoms with Gasteiger partial charge in [-0.1, -0.05) is 24.3 Å². The second-order valence-corrected chi connectivity index (χ2v) is 7.35. The number of aromatic nitrogens is 1. The normalized spacial score (nSPS) is 10.3. The third kappa shape index (κ3) is 5.15. The van der Waals surface area contributed by atoms with E-state index in [2.05, 4.69) is 15.6 Å². The summed E-state index contributed by atoms with van der Waals surface area (Å²) in [4.78, 5) is 31.4. The third-order valence-corrected chi connectivity index (χ3v) is 4.71. The summed E-state index contributed by atoms with van der Waals surface area (Å²) < 4.78 is 0. The lowest BCUT2D eigenvalue weighted by Crippen LogP contribution is -2.30. The zero-order valence-electron chi connectivity index (χ0n) is 15.1. The van der Waals surface area contributed by atoms with Crippen LogP contribution in [-0.2, 0) is 6.54 Å². The first kappa shape index (κ1) is 18.6. The van der Waals surface area contributed by atoms with Gasteiger partial charge in [-0.25, -0.2) is 9.78 Å². The van der Waals surface area contributed by atoms with Crippen LogP contribution in [0.15, 0.2) is 60.8 Å². The highest BCUT2D eigenvalue weighted by Crippen LogP contribution is 2.18. The van der Waals surface area contributed by atoms with Crippen molar-refractivity contribution in [2.75, 3.05) is 17.7 Å². The lowest BCUT2D eigenvalue weighted by molar-refractivity contribution is 0.102. The Morgan fingerprint density at radius 2 is 1.74 bits per heavy atom. The van der Waals surface area contributed by atoms with Crippen molar-refractivity contribution in [2.45, 2.75) is 13.5 Å². The summed E-state index contributed by atoms with van der Waals surface area (Å²) in [5.74, 6) is -0.197. The molecule has 6 nitrogen and oxygen atoms in total. The van der Waals surface area contributed by atoms with Gasteiger partial charge < -0.3 is 15.5 Å². The molecule has 0 saturated carbocycles. The van der Waals surface area contributed by atoms with E-state index >= 15 is 0 Å². The quantitative estimate of drug-likeness (QED) is 0.690. The Kier molecular flexibility index (Phi) is 5.83. The second kappa shape index (κ2) is 8.46. The van der Waals surface area contributed by atoms with Gasteiger partial charge in [0.2, 0.25) is 0 Å². The smallest absolute Gasteiger partial charge is 0.321 e. The average Bonchev–Trinajstić information content (AvgIpc) is 3.07. The first-order valence-corrected chi connectivity index (χ1v) is 9.23. The highest BCUT2D eigenvalue weighted by molar-refractivity contribution is 7.11. The predicted octanol–water partition coefficient (Wildman–Crippen LogP) is 4.37. The number of thiazole rings is 1. The van der Waals surface area contributed by atoms with Crippen molar-refractivity contribution in [3.63, 3.8) is 0 Å². The van der Waals surface area contributed by atoms with Crippen molar-refractivity contribution >= 4 is 34.6 Å². The molecule has 2 N–H and O–H groups in total. The molecule has 138 valence electrons. The van der Waals surface area contributed by atoms with Gasteiger partial charge in [-0.05, 0) is 37.3 Å². The number of hydrogen-bond acceptors (Lipinski definition) is 4. The van der Waals surface area contributed by atoms with E-state index in [1.54, 1.807) is 65.9 Å². The van der Waals surface area contributed by atoms with Gasteiger partial charge in [-0.2, -0.15) is 0 Å². The molecule has 0 unspecified atom stereocenters. The van der Waals surface area contributed by atoms with Crippen LogP contribution in [0, 0.1) is 6.92 Å². The number of benzene rings is 2. The molecule has 3 amide bonds. The Hall–Kier alpha value is -3.19. The van der Waals surface area contributed by atoms with E-state index < -0.39 is 0 Å². The van der Waals surface area contributed by atoms with Gasteiger partial charge in [-0.15, -0.1) is 11.3 Å². The lowest BCUT2D eigenvalue weighted by Gasteiger charge is -2.17. The standard InChI is InChI=1S/C20H20N4O2S/c1-14-21-12-18(27-14)13-24(2)20(26)23-17-10-6-9-16(11-17)22-19(25)15-7-4-3-5-8-15/h3-12H,13H2,1-2H3,(H,22,25)(H,23,26). The Balaban J connectivity index is 1.61. The van der Waals surface area contributed by atoms with Crippen molar-refractivity contribution in [2.24, 2.45) is 0 Å². The van der Waals surface area contributed by atoms with E-state index in [1.807, 2.05) is 25.1 Å². The molecule has 0 aliphatic heterocycles. The SMILES string of the molecule is Cc1ncc(CN(C)C(=O)Nc2cccc(NC(=O)c3ccccc3)c2)s1. The molecule has 0 atom stereocenters. The van der Waals surface area contributed by atoms with Gasteiger partial charge in [0.05, 0.1) is 11.6 Å². The van der Waals surface area contributed by atoms with Crippen LogP contribution in [0.2, 0.25) is 0 Å². The van der Waals surface area contributed by atoms with Gasteiger partial charge in [0.15, 0.2) is 0 Å². The topological polar surface area (TPSA) is 74.3 Å². The molecule has 2 aromatic carbocycles. The Labute approximate surface area is 161 Å². The van der Waals surface area contributed by atoms with Crippen LogP contribution in [0.25, 0.3) is 0 Å². The summed E-state index contributed by atoms with van der Waals surface area (Å²) in [6.07, 6.45) is 1.78. The largest absolute Gasteiger partial charge is 0.322 e. The van der Waals surface area contributed by atoms with E-state index in [9.17, 15) is 9.59 Å². The molecular weight excluding hydrogens is 360 g/mol. The number of carbonyl (C=O) groups is 2. The molecular formula is C20H20N4O2S. The molecule has 3 aromatic rings. The zero-order valence-corrected chi connectivity index (χ0v) is 15.9. The summed E-state index contributed by atoms with van der Waals surface area (Å²) in [5, 5.41) is 6.65. The van der Waals surface area contributed by atoms with E-state index in [1.165, 1.54) is 0 Å². The van der Waals surface area contributed by atoms with Gasteiger partial charge in [0.25, 0.3) is 5.91 Å². The maximum atomic E-state index is 12.4. The summed E-state index contributed by atoms with van der Waals surface area (Å²) in [6, 6.07) is 15.8. The minimum absolute atomic E-state index is 0.197. The summed E-state index contributed by atoms with van der Waals surface area (Å²) in [7, 11) is 1.73. The number of rotatable bonds is 5. The molecule has 0 saturated heterocycles. The molecule has 1 aromatic heterocycles. The van der Waals surface area contributed by atoms with Crippen molar-refractivity contribution < 1.29 is 9.59 Å². The maximum absolute atomic E-state index is 12.4. The fourth-order valence-electron chi connectivity index (χ4n) is 2.47. The minimum atomic E-state index is -0.229. The molecule has 0 spiro atoms. The lowest BCUT2D eigenvalue weighted by atomic mass is 10.2. The molecule has 27 heavy (non-hydrogen) atoms. The number of nitrogens with one attached hydrogen (secondary N) is 2. The average molecular weight is 380 g/mol. The predicted molar refractivity (Wildman–Crippen MR) is 108 cm³/mol. The second-order valence-electron chi connectivity index (χ2n) is 6.03. The molecule has 7 heteroatoms. The summed E-state index contributed by atoms with van der Waals surface area (Å²) >= 11 is 1.57. The van der Waals surface area contributed by atoms with Crippen LogP contribution in [0.5, 0.6) is 0 Å². The van der Waals surface area contributed by atoms with E-state index in [0.29, 0.717) is 23.5 Å². The Morgan fingerprint density at radius 3 is 2.41 bits per heavy atom. The molecule has 0 fully saturated rings. The number of aryl methyl sites for hydroxylation is 1. The highest BCUT2D eigenvalue weighted by Gasteiger charge is 2.12. The number of urea groups is 1. The van der Waals surface area contributed by atoms with Gasteiger partial charge in [-0.3, -0.25) is 4.79 Å². The Bertz CT molecular complexity index is 940. The fraction of sp³-hybridized carbons (Fsp3) is 0.150. The van der Waals surface area contributed by atoms with Crippen LogP contribution >= 0.6 is 11.3 Å². The monoisotopic (exact) mass is 380 g/mol. The van der Waals surface area contributed by atoms with Crippen molar-refractivity contribution in [3.8, 4) is 0 Å². The number of carbonyl (C=O) groups excluding carboxylic acids is 2. The zero-order chi connectivity index (χ0) is 19.2. The van der Waals surface area contributed by atoms with Crippen LogP contribution in [0.3, 0.4) is 0 Å². The summed E-state index contributed by atoms with van der Waals surface area (Å²) in [5.41, 5.74) is 1.80. The van der Waals surface area contributed by atoms with Gasteiger partial charge >= 0.3 is 6.03 Å². The van der Waals surface area contributed by atoms with Crippen LogP contribution in [-0.4, -0.2) is 28.9 Å². The number of nitrogens with zero attached hydrogens (tertiary/aromatic N) is 2. The first-order chi connectivity index (χ1) is 13.0. The van der Waals surface area contributed by atoms with Gasteiger partial charge in [0, 0.05) is 35.1 Å². The van der Waals surface area contributed by atoms with E-state index in [-0.39, 0.29) is 11.9 Å². The fourth-order valence-corrected chi connectivity index (χ4v) is 3.32. The summed E-state index contributed by atoms with van der Waals surface area (Å²) in [6.45, 7) is 2.42. The van der Waals surface area contributed by atoms with E-state index in [0.717, 1.165) is 9.88 Å².